The Hall–Kier alpha value is -2.24. The van der Waals surface area contributed by atoms with E-state index in [1.165, 1.54) is 0 Å². The molecule has 1 amide bonds. The van der Waals surface area contributed by atoms with E-state index in [0.29, 0.717) is 49.7 Å². The van der Waals surface area contributed by atoms with Gasteiger partial charge in [0.1, 0.15) is 0 Å². The number of amides is 1. The van der Waals surface area contributed by atoms with E-state index >= 15 is 0 Å². The zero-order valence-corrected chi connectivity index (χ0v) is 12.3. The van der Waals surface area contributed by atoms with Crippen LogP contribution in [0.2, 0.25) is 0 Å². The lowest BCUT2D eigenvalue weighted by molar-refractivity contribution is -0.143. The van der Waals surface area contributed by atoms with E-state index in [9.17, 15) is 9.59 Å². The first-order valence-electron chi connectivity index (χ1n) is 7.57. The van der Waals surface area contributed by atoms with Crippen LogP contribution in [-0.2, 0) is 4.79 Å². The van der Waals surface area contributed by atoms with Gasteiger partial charge in [0.05, 0.1) is 19.1 Å². The van der Waals surface area contributed by atoms with Gasteiger partial charge in [-0.3, -0.25) is 9.59 Å². The van der Waals surface area contributed by atoms with E-state index in [0.717, 1.165) is 6.42 Å². The number of benzene rings is 1. The van der Waals surface area contributed by atoms with Gasteiger partial charge in [0, 0.05) is 25.1 Å². The molecule has 0 unspecified atom stereocenters. The zero-order valence-electron chi connectivity index (χ0n) is 12.3. The smallest absolute Gasteiger partial charge is 0.308 e. The van der Waals surface area contributed by atoms with Crippen LogP contribution in [0.4, 0.5) is 0 Å². The SMILES string of the molecule is O=C(O)[C@@H]1CCCN(C(=O)c2ccc3c(c2)OCCCO3)C1. The lowest BCUT2D eigenvalue weighted by Crippen LogP contribution is -2.42. The molecule has 1 aromatic carbocycles. The molecule has 0 aromatic heterocycles. The number of ether oxygens (including phenoxy) is 2. The fourth-order valence-corrected chi connectivity index (χ4v) is 2.84. The number of carbonyl (C=O) groups is 2. The maximum absolute atomic E-state index is 12.6. The van der Waals surface area contributed by atoms with Crippen LogP contribution in [-0.4, -0.2) is 48.2 Å². The Labute approximate surface area is 128 Å². The highest BCUT2D eigenvalue weighted by atomic mass is 16.5. The minimum atomic E-state index is -0.837. The van der Waals surface area contributed by atoms with Gasteiger partial charge in [0.25, 0.3) is 5.91 Å². The summed E-state index contributed by atoms with van der Waals surface area (Å²) in [5.74, 6) is -0.234. The van der Waals surface area contributed by atoms with Gasteiger partial charge in [-0.05, 0) is 31.0 Å². The van der Waals surface area contributed by atoms with Crippen LogP contribution in [0, 0.1) is 5.92 Å². The number of carbonyl (C=O) groups excluding carboxylic acids is 1. The van der Waals surface area contributed by atoms with E-state index < -0.39 is 11.9 Å². The van der Waals surface area contributed by atoms with E-state index in [2.05, 4.69) is 0 Å². The third-order valence-electron chi connectivity index (χ3n) is 4.05. The number of rotatable bonds is 2. The molecule has 1 atom stereocenters. The number of hydrogen-bond donors (Lipinski definition) is 1. The molecule has 118 valence electrons. The fourth-order valence-electron chi connectivity index (χ4n) is 2.84. The Bertz CT molecular complexity index is 586. The Balaban J connectivity index is 1.77. The minimum Gasteiger partial charge on any atom is -0.490 e. The molecule has 1 saturated heterocycles. The predicted molar refractivity (Wildman–Crippen MR) is 78.3 cm³/mol. The molecule has 0 radical (unpaired) electrons. The second-order valence-corrected chi connectivity index (χ2v) is 5.64. The number of carboxylic acids is 1. The van der Waals surface area contributed by atoms with Gasteiger partial charge in [-0.25, -0.2) is 0 Å². The van der Waals surface area contributed by atoms with Gasteiger partial charge in [0.15, 0.2) is 11.5 Å². The van der Waals surface area contributed by atoms with Gasteiger partial charge in [-0.2, -0.15) is 0 Å². The maximum Gasteiger partial charge on any atom is 0.308 e. The molecule has 0 aliphatic carbocycles. The van der Waals surface area contributed by atoms with Crippen LogP contribution >= 0.6 is 0 Å². The average molecular weight is 305 g/mol. The maximum atomic E-state index is 12.6. The van der Waals surface area contributed by atoms with Crippen molar-refractivity contribution in [3.8, 4) is 11.5 Å². The molecule has 1 N–H and O–H groups in total. The molecule has 6 nitrogen and oxygen atoms in total. The molecule has 2 aliphatic heterocycles. The lowest BCUT2D eigenvalue weighted by Gasteiger charge is -2.30. The van der Waals surface area contributed by atoms with Crippen LogP contribution in [0.3, 0.4) is 0 Å². The molecule has 2 aliphatic rings. The van der Waals surface area contributed by atoms with Crippen molar-refractivity contribution in [1.82, 2.24) is 4.90 Å². The Morgan fingerprint density at radius 2 is 1.91 bits per heavy atom. The van der Waals surface area contributed by atoms with Gasteiger partial charge in [-0.15, -0.1) is 0 Å². The van der Waals surface area contributed by atoms with Crippen molar-refractivity contribution < 1.29 is 24.2 Å². The summed E-state index contributed by atoms with van der Waals surface area (Å²) in [6.07, 6.45) is 2.15. The van der Waals surface area contributed by atoms with Crippen LogP contribution in [0.15, 0.2) is 18.2 Å². The van der Waals surface area contributed by atoms with Crippen LogP contribution in [0.25, 0.3) is 0 Å². The van der Waals surface area contributed by atoms with Crippen molar-refractivity contribution >= 4 is 11.9 Å². The van der Waals surface area contributed by atoms with E-state index in [-0.39, 0.29) is 12.5 Å². The summed E-state index contributed by atoms with van der Waals surface area (Å²) >= 11 is 0. The molecule has 0 bridgehead atoms. The first kappa shape index (κ1) is 14.7. The van der Waals surface area contributed by atoms with E-state index in [4.69, 9.17) is 14.6 Å². The Morgan fingerprint density at radius 1 is 1.14 bits per heavy atom. The minimum absolute atomic E-state index is 0.151. The van der Waals surface area contributed by atoms with E-state index in [1.807, 2.05) is 0 Å². The summed E-state index contributed by atoms with van der Waals surface area (Å²) in [6, 6.07) is 5.14. The van der Waals surface area contributed by atoms with Gasteiger partial charge in [0.2, 0.25) is 0 Å². The van der Waals surface area contributed by atoms with Crippen LogP contribution < -0.4 is 9.47 Å². The quantitative estimate of drug-likeness (QED) is 0.901. The number of fused-ring (bicyclic) bond motifs is 1. The fraction of sp³-hybridized carbons (Fsp3) is 0.500. The second kappa shape index (κ2) is 6.25. The Morgan fingerprint density at radius 3 is 2.68 bits per heavy atom. The van der Waals surface area contributed by atoms with Crippen molar-refractivity contribution in [3.05, 3.63) is 23.8 Å². The van der Waals surface area contributed by atoms with E-state index in [1.54, 1.807) is 23.1 Å². The number of hydrogen-bond acceptors (Lipinski definition) is 4. The van der Waals surface area contributed by atoms with Gasteiger partial charge < -0.3 is 19.5 Å². The molecule has 6 heteroatoms. The highest BCUT2D eigenvalue weighted by Crippen LogP contribution is 2.31. The molecule has 0 saturated carbocycles. The van der Waals surface area contributed by atoms with Crippen LogP contribution in [0.1, 0.15) is 29.6 Å². The standard InChI is InChI=1S/C16H19NO5/c18-15(17-6-1-3-12(10-17)16(19)20)11-4-5-13-14(9-11)22-8-2-7-21-13/h4-5,9,12H,1-3,6-8,10H2,(H,19,20)/t12-/m1/s1. The molecular weight excluding hydrogens is 286 g/mol. The summed E-state index contributed by atoms with van der Waals surface area (Å²) in [7, 11) is 0. The summed E-state index contributed by atoms with van der Waals surface area (Å²) in [4.78, 5) is 25.3. The van der Waals surface area contributed by atoms with Gasteiger partial charge in [-0.1, -0.05) is 0 Å². The van der Waals surface area contributed by atoms with Gasteiger partial charge >= 0.3 is 5.97 Å². The summed E-state index contributed by atoms with van der Waals surface area (Å²) < 4.78 is 11.1. The summed E-state index contributed by atoms with van der Waals surface area (Å²) in [5.41, 5.74) is 0.510. The summed E-state index contributed by atoms with van der Waals surface area (Å²) in [6.45, 7) is 2.03. The molecule has 22 heavy (non-hydrogen) atoms. The number of piperidine rings is 1. The molecule has 1 fully saturated rings. The largest absolute Gasteiger partial charge is 0.490 e. The number of aliphatic carboxylic acids is 1. The zero-order chi connectivity index (χ0) is 15.5. The topological polar surface area (TPSA) is 76.1 Å². The number of nitrogens with zero attached hydrogens (tertiary/aromatic N) is 1. The van der Waals surface area contributed by atoms with Crippen LogP contribution in [0.5, 0.6) is 11.5 Å². The number of carboxylic acid groups (broad SMARTS) is 1. The Kier molecular flexibility index (Phi) is 4.18. The second-order valence-electron chi connectivity index (χ2n) is 5.64. The highest BCUT2D eigenvalue weighted by molar-refractivity contribution is 5.95. The molecule has 2 heterocycles. The predicted octanol–water partition coefficient (Wildman–Crippen LogP) is 1.78. The molecule has 0 spiro atoms. The van der Waals surface area contributed by atoms with Crippen molar-refractivity contribution in [2.24, 2.45) is 5.92 Å². The van der Waals surface area contributed by atoms with Crippen molar-refractivity contribution in [1.29, 1.82) is 0 Å². The van der Waals surface area contributed by atoms with Crippen molar-refractivity contribution in [2.75, 3.05) is 26.3 Å². The summed E-state index contributed by atoms with van der Waals surface area (Å²) in [5, 5.41) is 9.12. The molecular formula is C16H19NO5. The third-order valence-corrected chi connectivity index (χ3v) is 4.05. The average Bonchev–Trinajstić information content (AvgIpc) is 2.78. The normalized spacial score (nSPS) is 21.1. The molecule has 3 rings (SSSR count). The lowest BCUT2D eigenvalue weighted by atomic mass is 9.97. The molecule has 1 aromatic rings. The first-order valence-corrected chi connectivity index (χ1v) is 7.57. The first-order chi connectivity index (χ1) is 10.6. The third kappa shape index (κ3) is 3.00. The monoisotopic (exact) mass is 305 g/mol. The number of likely N-dealkylation sites (tertiary alicyclic amines) is 1. The van der Waals surface area contributed by atoms with Crippen molar-refractivity contribution in [2.45, 2.75) is 19.3 Å². The van der Waals surface area contributed by atoms with Crippen molar-refractivity contribution in [3.63, 3.8) is 0 Å². The highest BCUT2D eigenvalue weighted by Gasteiger charge is 2.29.